The number of amides is 1. The summed E-state index contributed by atoms with van der Waals surface area (Å²) in [7, 11) is 0. The first kappa shape index (κ1) is 29.2. The topological polar surface area (TPSA) is 77.6 Å². The lowest BCUT2D eigenvalue weighted by Gasteiger charge is -2.30. The third-order valence-corrected chi connectivity index (χ3v) is 8.19. The predicted molar refractivity (Wildman–Crippen MR) is 159 cm³/mol. The van der Waals surface area contributed by atoms with Crippen LogP contribution in [-0.4, -0.2) is 59.4 Å². The summed E-state index contributed by atoms with van der Waals surface area (Å²) in [6.45, 7) is 13.9. The third-order valence-electron chi connectivity index (χ3n) is 8.19. The number of carbonyl (C=O) groups excluding carboxylic acids is 1. The second-order valence-corrected chi connectivity index (χ2v) is 11.3. The molecule has 40 heavy (non-hydrogen) atoms. The van der Waals surface area contributed by atoms with E-state index in [2.05, 4.69) is 66.1 Å². The van der Waals surface area contributed by atoms with E-state index in [1.807, 2.05) is 35.8 Å². The van der Waals surface area contributed by atoms with Crippen LogP contribution < -0.4 is 4.90 Å². The second-order valence-electron chi connectivity index (χ2n) is 11.3. The summed E-state index contributed by atoms with van der Waals surface area (Å²) in [5, 5.41) is 19.5. The van der Waals surface area contributed by atoms with Crippen molar-refractivity contribution in [2.24, 2.45) is 0 Å². The first-order chi connectivity index (χ1) is 19.3. The average molecular weight is 539 g/mol. The molecule has 0 spiro atoms. The maximum absolute atomic E-state index is 13.6. The van der Waals surface area contributed by atoms with E-state index in [-0.39, 0.29) is 17.5 Å². The lowest BCUT2D eigenvalue weighted by molar-refractivity contribution is -0.119. The maximum Gasteiger partial charge on any atom is 0.229 e. The molecule has 2 fully saturated rings. The quantitative estimate of drug-likeness (QED) is 0.393. The van der Waals surface area contributed by atoms with Crippen molar-refractivity contribution in [2.45, 2.75) is 72.5 Å². The monoisotopic (exact) mass is 538 g/mol. The van der Waals surface area contributed by atoms with Crippen LogP contribution in [0.25, 0.3) is 0 Å². The van der Waals surface area contributed by atoms with Gasteiger partial charge in [-0.2, -0.15) is 10.5 Å². The number of nitrogens with zero attached hydrogens (tertiary/aromatic N) is 6. The SMILES string of the molecule is Cc1cccc(CN2CCN(CCC(=O)N(c3cccc(CN4CCCCC4)c3)C(C)C)C2=C(C#N)C#N)c1C. The van der Waals surface area contributed by atoms with Crippen molar-refractivity contribution in [2.75, 3.05) is 37.6 Å². The fourth-order valence-corrected chi connectivity index (χ4v) is 5.92. The Labute approximate surface area is 239 Å². The van der Waals surface area contributed by atoms with Gasteiger partial charge in [0.2, 0.25) is 5.91 Å². The van der Waals surface area contributed by atoms with Gasteiger partial charge in [-0.25, -0.2) is 0 Å². The molecular weight excluding hydrogens is 496 g/mol. The number of allylic oxidation sites excluding steroid dienone is 1. The van der Waals surface area contributed by atoms with E-state index < -0.39 is 0 Å². The summed E-state index contributed by atoms with van der Waals surface area (Å²) < 4.78 is 0. The molecule has 2 saturated heterocycles. The molecule has 0 saturated carbocycles. The van der Waals surface area contributed by atoms with E-state index in [1.165, 1.54) is 41.5 Å². The smallest absolute Gasteiger partial charge is 0.229 e. The zero-order chi connectivity index (χ0) is 28.6. The van der Waals surface area contributed by atoms with Gasteiger partial charge in [0, 0.05) is 50.9 Å². The Morgan fingerprint density at radius 1 is 0.925 bits per heavy atom. The molecule has 7 heteroatoms. The van der Waals surface area contributed by atoms with Crippen LogP contribution in [0.2, 0.25) is 0 Å². The van der Waals surface area contributed by atoms with E-state index in [0.29, 0.717) is 38.4 Å². The van der Waals surface area contributed by atoms with Gasteiger partial charge in [-0.15, -0.1) is 0 Å². The van der Waals surface area contributed by atoms with E-state index in [1.54, 1.807) is 0 Å². The van der Waals surface area contributed by atoms with Gasteiger partial charge in [-0.1, -0.05) is 36.8 Å². The molecular formula is C33H42N6O. The van der Waals surface area contributed by atoms with Crippen LogP contribution in [0.1, 0.15) is 61.8 Å². The number of rotatable bonds is 9. The Balaban J connectivity index is 1.48. The molecule has 2 heterocycles. The number of hydrogen-bond acceptors (Lipinski definition) is 6. The fraction of sp³-hybridized carbons (Fsp3) is 0.485. The maximum atomic E-state index is 13.6. The highest BCUT2D eigenvalue weighted by Crippen LogP contribution is 2.27. The van der Waals surface area contributed by atoms with Crippen LogP contribution in [0.15, 0.2) is 53.9 Å². The van der Waals surface area contributed by atoms with Crippen molar-refractivity contribution in [1.82, 2.24) is 14.7 Å². The zero-order valence-electron chi connectivity index (χ0n) is 24.5. The summed E-state index contributed by atoms with van der Waals surface area (Å²) in [5.41, 5.74) is 5.89. The highest BCUT2D eigenvalue weighted by Gasteiger charge is 2.30. The van der Waals surface area contributed by atoms with Gasteiger partial charge in [0.1, 0.15) is 18.0 Å². The zero-order valence-corrected chi connectivity index (χ0v) is 24.5. The van der Waals surface area contributed by atoms with E-state index >= 15 is 0 Å². The van der Waals surface area contributed by atoms with Crippen LogP contribution >= 0.6 is 0 Å². The predicted octanol–water partition coefficient (Wildman–Crippen LogP) is 5.50. The molecule has 4 rings (SSSR count). The van der Waals surface area contributed by atoms with Crippen LogP contribution in [0.4, 0.5) is 5.69 Å². The normalized spacial score (nSPS) is 15.7. The molecule has 0 unspecified atom stereocenters. The number of benzene rings is 2. The van der Waals surface area contributed by atoms with Gasteiger partial charge in [-0.3, -0.25) is 9.69 Å². The molecule has 2 aromatic rings. The highest BCUT2D eigenvalue weighted by molar-refractivity contribution is 5.94. The Morgan fingerprint density at radius 2 is 1.62 bits per heavy atom. The molecule has 0 N–H and O–H groups in total. The van der Waals surface area contributed by atoms with Crippen molar-refractivity contribution >= 4 is 11.6 Å². The fourth-order valence-electron chi connectivity index (χ4n) is 5.92. The Hall–Kier alpha value is -3.81. The Kier molecular flexibility index (Phi) is 9.85. The lowest BCUT2D eigenvalue weighted by atomic mass is 10.0. The van der Waals surface area contributed by atoms with E-state index in [0.717, 1.165) is 25.3 Å². The summed E-state index contributed by atoms with van der Waals surface area (Å²) in [6.07, 6.45) is 4.13. The highest BCUT2D eigenvalue weighted by atomic mass is 16.2. The summed E-state index contributed by atoms with van der Waals surface area (Å²) in [4.78, 5) is 22.2. The van der Waals surface area contributed by atoms with Crippen LogP contribution in [0.5, 0.6) is 0 Å². The molecule has 7 nitrogen and oxygen atoms in total. The van der Waals surface area contributed by atoms with Crippen molar-refractivity contribution in [3.05, 3.63) is 76.1 Å². The van der Waals surface area contributed by atoms with Crippen LogP contribution in [0, 0.1) is 36.5 Å². The van der Waals surface area contributed by atoms with Gasteiger partial charge in [0.05, 0.1) is 0 Å². The minimum atomic E-state index is 0.0147. The van der Waals surface area contributed by atoms with Crippen LogP contribution in [-0.2, 0) is 17.9 Å². The number of anilines is 1. The number of aryl methyl sites for hydroxylation is 1. The van der Waals surface area contributed by atoms with Crippen LogP contribution in [0.3, 0.4) is 0 Å². The lowest BCUT2D eigenvalue weighted by Crippen LogP contribution is -2.39. The van der Waals surface area contributed by atoms with Gasteiger partial charge in [0.15, 0.2) is 5.57 Å². The Morgan fingerprint density at radius 3 is 2.33 bits per heavy atom. The van der Waals surface area contributed by atoms with Crippen molar-refractivity contribution in [3.63, 3.8) is 0 Å². The van der Waals surface area contributed by atoms with Gasteiger partial charge in [-0.05, 0) is 88.0 Å². The number of nitriles is 2. The number of piperidine rings is 1. The second kappa shape index (κ2) is 13.5. The molecule has 0 bridgehead atoms. The number of hydrogen-bond donors (Lipinski definition) is 0. The molecule has 0 aliphatic carbocycles. The van der Waals surface area contributed by atoms with E-state index in [9.17, 15) is 15.3 Å². The van der Waals surface area contributed by atoms with Crippen molar-refractivity contribution < 1.29 is 4.79 Å². The minimum absolute atomic E-state index is 0.0147. The molecule has 2 aromatic carbocycles. The van der Waals surface area contributed by atoms with Gasteiger partial charge >= 0.3 is 0 Å². The van der Waals surface area contributed by atoms with E-state index in [4.69, 9.17) is 0 Å². The summed E-state index contributed by atoms with van der Waals surface area (Å²) in [5.74, 6) is 0.686. The van der Waals surface area contributed by atoms with Crippen molar-refractivity contribution in [3.8, 4) is 12.1 Å². The largest absolute Gasteiger partial charge is 0.354 e. The average Bonchev–Trinajstić information content (AvgIpc) is 3.33. The molecule has 210 valence electrons. The van der Waals surface area contributed by atoms with Crippen molar-refractivity contribution in [1.29, 1.82) is 10.5 Å². The first-order valence-electron chi connectivity index (χ1n) is 14.5. The molecule has 1 amide bonds. The standard InChI is InChI=1S/C33H42N6O/c1-25(2)39(31-13-9-11-28(20-31)23-36-15-6-5-7-16-36)32(40)14-17-37-18-19-38(33(37)30(21-34)22-35)24-29-12-8-10-26(3)27(29)4/h8-13,20,25H,5-7,14-19,23-24H2,1-4H3. The third kappa shape index (κ3) is 6.84. The summed E-state index contributed by atoms with van der Waals surface area (Å²) in [6, 6.07) is 18.8. The molecule has 0 radical (unpaired) electrons. The number of likely N-dealkylation sites (tertiary alicyclic amines) is 1. The molecule has 0 aromatic heterocycles. The van der Waals surface area contributed by atoms with Gasteiger partial charge in [0.25, 0.3) is 0 Å². The van der Waals surface area contributed by atoms with Gasteiger partial charge < -0.3 is 14.7 Å². The minimum Gasteiger partial charge on any atom is -0.354 e. The summed E-state index contributed by atoms with van der Waals surface area (Å²) >= 11 is 0. The molecule has 0 atom stereocenters. The molecule has 2 aliphatic rings. The molecule has 2 aliphatic heterocycles. The Bertz CT molecular complexity index is 1290. The first-order valence-corrected chi connectivity index (χ1v) is 14.5. The number of carbonyl (C=O) groups is 1.